The van der Waals surface area contributed by atoms with Crippen LogP contribution in [0.15, 0.2) is 60.8 Å². The summed E-state index contributed by atoms with van der Waals surface area (Å²) in [6.45, 7) is 3.33. The standard InChI is InChI=1S/C28H29F2NO5/c1-17(14-24(32)26-27(33)25(35-3)12-13-31-26)28(34)36-18(2)21(15-19-4-8-22(29)9-5-19)16-20-6-10-23(30)11-7-20/h4-13,17-18,21,33H,14-16H2,1-3H3/t17-,18?/m1/s1. The van der Waals surface area contributed by atoms with Gasteiger partial charge in [0.15, 0.2) is 23.0 Å². The van der Waals surface area contributed by atoms with Crippen LogP contribution in [0.5, 0.6) is 11.5 Å². The molecule has 190 valence electrons. The van der Waals surface area contributed by atoms with Crippen molar-refractivity contribution < 1.29 is 33.0 Å². The zero-order valence-electron chi connectivity index (χ0n) is 20.4. The monoisotopic (exact) mass is 497 g/mol. The fourth-order valence-corrected chi connectivity index (χ4v) is 3.91. The number of benzene rings is 2. The van der Waals surface area contributed by atoms with E-state index in [9.17, 15) is 23.5 Å². The maximum Gasteiger partial charge on any atom is 0.309 e. The zero-order chi connectivity index (χ0) is 26.2. The van der Waals surface area contributed by atoms with E-state index in [1.165, 1.54) is 43.6 Å². The molecular weight excluding hydrogens is 468 g/mol. The molecule has 1 aromatic heterocycles. The fraction of sp³-hybridized carbons (Fsp3) is 0.321. The highest BCUT2D eigenvalue weighted by Gasteiger charge is 2.27. The number of hydrogen-bond acceptors (Lipinski definition) is 6. The number of carbonyl (C=O) groups excluding carboxylic acids is 2. The Bertz CT molecular complexity index is 1130. The molecule has 0 saturated carbocycles. The van der Waals surface area contributed by atoms with Crippen LogP contribution in [0.25, 0.3) is 0 Å². The van der Waals surface area contributed by atoms with Gasteiger partial charge in [0.25, 0.3) is 0 Å². The molecule has 0 amide bonds. The minimum absolute atomic E-state index is 0.113. The van der Waals surface area contributed by atoms with Gasteiger partial charge >= 0.3 is 5.97 Å². The van der Waals surface area contributed by atoms with Gasteiger partial charge in [0.1, 0.15) is 17.7 Å². The van der Waals surface area contributed by atoms with Gasteiger partial charge in [-0.2, -0.15) is 0 Å². The molecule has 2 aromatic carbocycles. The highest BCUT2D eigenvalue weighted by molar-refractivity contribution is 5.99. The number of carbonyl (C=O) groups is 2. The molecule has 3 rings (SSSR count). The third-order valence-corrected chi connectivity index (χ3v) is 6.05. The zero-order valence-corrected chi connectivity index (χ0v) is 20.4. The van der Waals surface area contributed by atoms with E-state index in [4.69, 9.17) is 9.47 Å². The average molecular weight is 498 g/mol. The molecule has 6 nitrogen and oxygen atoms in total. The van der Waals surface area contributed by atoms with E-state index < -0.39 is 23.8 Å². The number of pyridine rings is 1. The van der Waals surface area contributed by atoms with E-state index in [2.05, 4.69) is 4.98 Å². The van der Waals surface area contributed by atoms with Crippen molar-refractivity contribution in [2.24, 2.45) is 11.8 Å². The summed E-state index contributed by atoms with van der Waals surface area (Å²) in [5.41, 5.74) is 1.57. The van der Waals surface area contributed by atoms with Gasteiger partial charge in [-0.05, 0) is 55.2 Å². The lowest BCUT2D eigenvalue weighted by atomic mass is 9.88. The van der Waals surface area contributed by atoms with Gasteiger partial charge in [-0.1, -0.05) is 31.2 Å². The van der Waals surface area contributed by atoms with Gasteiger partial charge in [-0.25, -0.2) is 13.8 Å². The number of aromatic nitrogens is 1. The van der Waals surface area contributed by atoms with Crippen molar-refractivity contribution >= 4 is 11.8 Å². The van der Waals surface area contributed by atoms with Crippen LogP contribution in [-0.4, -0.2) is 35.1 Å². The second-order valence-electron chi connectivity index (χ2n) is 8.80. The molecule has 0 aliphatic rings. The summed E-state index contributed by atoms with van der Waals surface area (Å²) in [4.78, 5) is 29.4. The van der Waals surface area contributed by atoms with Crippen LogP contribution in [0.3, 0.4) is 0 Å². The molecule has 3 aromatic rings. The Morgan fingerprint density at radius 2 is 1.44 bits per heavy atom. The molecule has 0 aliphatic carbocycles. The highest BCUT2D eigenvalue weighted by Crippen LogP contribution is 2.29. The Kier molecular flexibility index (Phi) is 9.11. The molecular formula is C28H29F2NO5. The molecule has 36 heavy (non-hydrogen) atoms. The van der Waals surface area contributed by atoms with Gasteiger partial charge in [0.05, 0.1) is 13.0 Å². The first-order chi connectivity index (χ1) is 17.2. The lowest BCUT2D eigenvalue weighted by Crippen LogP contribution is -2.30. The first-order valence-electron chi connectivity index (χ1n) is 11.6. The van der Waals surface area contributed by atoms with E-state index in [-0.39, 0.29) is 41.2 Å². The van der Waals surface area contributed by atoms with Crippen molar-refractivity contribution in [2.75, 3.05) is 7.11 Å². The number of hydrogen-bond donors (Lipinski definition) is 1. The normalized spacial score (nSPS) is 12.7. The number of ether oxygens (including phenoxy) is 2. The maximum atomic E-state index is 13.4. The predicted molar refractivity (Wildman–Crippen MR) is 130 cm³/mol. The van der Waals surface area contributed by atoms with Crippen molar-refractivity contribution in [3.8, 4) is 11.5 Å². The third kappa shape index (κ3) is 7.10. The Hall–Kier alpha value is -3.81. The molecule has 2 atom stereocenters. The third-order valence-electron chi connectivity index (χ3n) is 6.05. The lowest BCUT2D eigenvalue weighted by molar-refractivity contribution is -0.155. The van der Waals surface area contributed by atoms with Gasteiger partial charge in [-0.15, -0.1) is 0 Å². The fourth-order valence-electron chi connectivity index (χ4n) is 3.91. The molecule has 0 spiro atoms. The highest BCUT2D eigenvalue weighted by atomic mass is 19.1. The van der Waals surface area contributed by atoms with Crippen LogP contribution in [0.2, 0.25) is 0 Å². The maximum absolute atomic E-state index is 13.4. The van der Waals surface area contributed by atoms with E-state index in [0.717, 1.165) is 11.1 Å². The smallest absolute Gasteiger partial charge is 0.309 e. The summed E-state index contributed by atoms with van der Waals surface area (Å²) >= 11 is 0. The molecule has 0 bridgehead atoms. The molecule has 0 fully saturated rings. The minimum atomic E-state index is -0.787. The molecule has 1 heterocycles. The second kappa shape index (κ2) is 12.2. The number of esters is 1. The van der Waals surface area contributed by atoms with Gasteiger partial charge < -0.3 is 14.6 Å². The Balaban J connectivity index is 1.69. The molecule has 0 aliphatic heterocycles. The van der Waals surface area contributed by atoms with Crippen molar-refractivity contribution in [3.63, 3.8) is 0 Å². The molecule has 8 heteroatoms. The quantitative estimate of drug-likeness (QED) is 0.285. The van der Waals surface area contributed by atoms with Crippen LogP contribution in [0.4, 0.5) is 8.78 Å². The molecule has 1 unspecified atom stereocenters. The number of rotatable bonds is 11. The van der Waals surface area contributed by atoms with Gasteiger partial charge in [0.2, 0.25) is 0 Å². The summed E-state index contributed by atoms with van der Waals surface area (Å²) in [6, 6.07) is 13.6. The summed E-state index contributed by atoms with van der Waals surface area (Å²) in [5.74, 6) is -3.01. The number of Topliss-reactive ketones (excluding diaryl/α,β-unsaturated/α-hetero) is 1. The topological polar surface area (TPSA) is 85.7 Å². The largest absolute Gasteiger partial charge is 0.503 e. The van der Waals surface area contributed by atoms with E-state index in [0.29, 0.717) is 12.8 Å². The molecule has 1 N–H and O–H groups in total. The van der Waals surface area contributed by atoms with Crippen LogP contribution in [0, 0.1) is 23.5 Å². The Morgan fingerprint density at radius 1 is 0.917 bits per heavy atom. The minimum Gasteiger partial charge on any atom is -0.503 e. The van der Waals surface area contributed by atoms with Gasteiger partial charge in [0, 0.05) is 24.6 Å². The molecule has 0 radical (unpaired) electrons. The SMILES string of the molecule is COc1ccnc(C(=O)C[C@@H](C)C(=O)OC(C)C(Cc2ccc(F)cc2)Cc2ccc(F)cc2)c1O. The average Bonchev–Trinajstić information content (AvgIpc) is 2.86. The second-order valence-corrected chi connectivity index (χ2v) is 8.80. The van der Waals surface area contributed by atoms with Gasteiger partial charge in [-0.3, -0.25) is 9.59 Å². The lowest BCUT2D eigenvalue weighted by Gasteiger charge is -2.26. The van der Waals surface area contributed by atoms with Crippen LogP contribution in [-0.2, 0) is 22.4 Å². The van der Waals surface area contributed by atoms with E-state index >= 15 is 0 Å². The van der Waals surface area contributed by atoms with E-state index in [1.54, 1.807) is 38.1 Å². The van der Waals surface area contributed by atoms with Crippen LogP contribution >= 0.6 is 0 Å². The van der Waals surface area contributed by atoms with Crippen molar-refractivity contribution in [1.29, 1.82) is 0 Å². The number of nitrogens with zero attached hydrogens (tertiary/aromatic N) is 1. The number of halogens is 2. The van der Waals surface area contributed by atoms with Crippen LogP contribution in [0.1, 0.15) is 41.9 Å². The first-order valence-corrected chi connectivity index (χ1v) is 11.6. The first kappa shape index (κ1) is 26.8. The molecule has 0 saturated heterocycles. The number of methoxy groups -OCH3 is 1. The van der Waals surface area contributed by atoms with E-state index in [1.807, 2.05) is 0 Å². The van der Waals surface area contributed by atoms with Crippen molar-refractivity contribution in [1.82, 2.24) is 4.98 Å². The summed E-state index contributed by atoms with van der Waals surface area (Å²) in [5, 5.41) is 10.2. The number of aromatic hydroxyl groups is 1. The predicted octanol–water partition coefficient (Wildman–Crippen LogP) is 5.32. The van der Waals surface area contributed by atoms with Crippen LogP contribution < -0.4 is 4.74 Å². The van der Waals surface area contributed by atoms with Crippen molar-refractivity contribution in [3.05, 3.63) is 89.2 Å². The summed E-state index contributed by atoms with van der Waals surface area (Å²) < 4.78 is 37.5. The Morgan fingerprint density at radius 3 is 1.94 bits per heavy atom. The Labute approximate surface area is 208 Å². The summed E-state index contributed by atoms with van der Waals surface area (Å²) in [6.07, 6.45) is 1.59. The van der Waals surface area contributed by atoms with Crippen molar-refractivity contribution in [2.45, 2.75) is 39.2 Å². The summed E-state index contributed by atoms with van der Waals surface area (Å²) in [7, 11) is 1.36. The number of ketones is 1.